The van der Waals surface area contributed by atoms with E-state index < -0.39 is 17.8 Å². The Morgan fingerprint density at radius 1 is 1.03 bits per heavy atom. The maximum Gasteiger partial charge on any atom is 0.335 e. The van der Waals surface area contributed by atoms with Crippen LogP contribution >= 0.6 is 15.9 Å². The molecule has 4 rings (SSSR count). The van der Waals surface area contributed by atoms with Gasteiger partial charge in [-0.25, -0.2) is 9.69 Å². The van der Waals surface area contributed by atoms with Crippen LogP contribution in [0, 0.1) is 13.8 Å². The van der Waals surface area contributed by atoms with Crippen molar-refractivity contribution in [1.29, 1.82) is 0 Å². The first-order valence-corrected chi connectivity index (χ1v) is 11.8. The third-order valence-corrected chi connectivity index (χ3v) is 5.91. The number of nitrogens with zero attached hydrogens (tertiary/aromatic N) is 1. The lowest BCUT2D eigenvalue weighted by molar-refractivity contribution is -0.122. The fourth-order valence-corrected chi connectivity index (χ4v) is 3.90. The highest BCUT2D eigenvalue weighted by Crippen LogP contribution is 2.24. The Kier molecular flexibility index (Phi) is 7.30. The van der Waals surface area contributed by atoms with Crippen molar-refractivity contribution in [2.24, 2.45) is 0 Å². The van der Waals surface area contributed by atoms with Crippen LogP contribution in [-0.2, 0) is 14.4 Å². The highest BCUT2D eigenvalue weighted by Gasteiger charge is 2.36. The lowest BCUT2D eigenvalue weighted by atomic mass is 10.1. The summed E-state index contributed by atoms with van der Waals surface area (Å²) in [7, 11) is 0. The van der Waals surface area contributed by atoms with Gasteiger partial charge < -0.3 is 10.1 Å². The zero-order valence-corrected chi connectivity index (χ0v) is 21.1. The van der Waals surface area contributed by atoms with Crippen molar-refractivity contribution in [3.63, 3.8) is 0 Å². The normalized spacial score (nSPS) is 14.6. The number of aryl methyl sites for hydroxylation is 2. The summed E-state index contributed by atoms with van der Waals surface area (Å²) in [4.78, 5) is 51.1. The molecular formula is C27H22BrN3O5. The maximum absolute atomic E-state index is 13.0. The van der Waals surface area contributed by atoms with E-state index in [1.54, 1.807) is 48.5 Å². The average molecular weight is 548 g/mol. The van der Waals surface area contributed by atoms with Crippen LogP contribution in [0.1, 0.15) is 16.7 Å². The summed E-state index contributed by atoms with van der Waals surface area (Å²) < 4.78 is 6.39. The van der Waals surface area contributed by atoms with Gasteiger partial charge in [0.05, 0.1) is 5.69 Å². The second-order valence-electron chi connectivity index (χ2n) is 8.16. The van der Waals surface area contributed by atoms with E-state index in [9.17, 15) is 19.2 Å². The molecule has 0 saturated carbocycles. The van der Waals surface area contributed by atoms with Crippen molar-refractivity contribution in [2.75, 3.05) is 16.8 Å². The molecule has 0 spiro atoms. The monoisotopic (exact) mass is 547 g/mol. The molecule has 0 aromatic heterocycles. The van der Waals surface area contributed by atoms with Gasteiger partial charge in [0.1, 0.15) is 11.3 Å². The highest BCUT2D eigenvalue weighted by atomic mass is 79.9. The number of urea groups is 1. The van der Waals surface area contributed by atoms with Crippen molar-refractivity contribution < 1.29 is 23.9 Å². The number of carbonyl (C=O) groups is 4. The summed E-state index contributed by atoms with van der Waals surface area (Å²) in [6.07, 6.45) is 1.37. The second kappa shape index (κ2) is 10.6. The molecule has 9 heteroatoms. The summed E-state index contributed by atoms with van der Waals surface area (Å²) in [5.74, 6) is -1.48. The van der Waals surface area contributed by atoms with Crippen LogP contribution in [0.4, 0.5) is 16.2 Å². The SMILES string of the molecule is Cc1ccc(NC(=O)COc2cccc(/C=C3\C(=O)NC(=O)N(c4ccc(Br)cc4)C3=O)c2)c(C)c1. The summed E-state index contributed by atoms with van der Waals surface area (Å²) in [6, 6.07) is 18.1. The lowest BCUT2D eigenvalue weighted by Gasteiger charge is -2.26. The van der Waals surface area contributed by atoms with Crippen LogP contribution < -0.4 is 20.3 Å². The number of barbiturate groups is 1. The van der Waals surface area contributed by atoms with E-state index in [-0.39, 0.29) is 18.1 Å². The minimum atomic E-state index is -0.823. The molecule has 3 aromatic rings. The Morgan fingerprint density at radius 3 is 2.50 bits per heavy atom. The number of benzene rings is 3. The molecule has 1 fully saturated rings. The maximum atomic E-state index is 13.0. The zero-order valence-electron chi connectivity index (χ0n) is 19.5. The van der Waals surface area contributed by atoms with Crippen molar-refractivity contribution in [1.82, 2.24) is 5.32 Å². The molecular weight excluding hydrogens is 526 g/mol. The molecule has 1 aliphatic rings. The molecule has 1 heterocycles. The fourth-order valence-electron chi connectivity index (χ4n) is 3.63. The van der Waals surface area contributed by atoms with Crippen LogP contribution in [-0.4, -0.2) is 30.4 Å². The van der Waals surface area contributed by atoms with Gasteiger partial charge in [0, 0.05) is 10.2 Å². The number of hydrogen-bond donors (Lipinski definition) is 2. The average Bonchev–Trinajstić information content (AvgIpc) is 2.83. The molecule has 0 bridgehead atoms. The summed E-state index contributed by atoms with van der Waals surface area (Å²) >= 11 is 3.31. The van der Waals surface area contributed by atoms with E-state index in [0.717, 1.165) is 20.5 Å². The number of amides is 5. The largest absolute Gasteiger partial charge is 0.484 e. The van der Waals surface area contributed by atoms with Crippen LogP contribution in [0.25, 0.3) is 6.08 Å². The minimum absolute atomic E-state index is 0.206. The van der Waals surface area contributed by atoms with Gasteiger partial charge in [-0.3, -0.25) is 19.7 Å². The Morgan fingerprint density at radius 2 is 1.78 bits per heavy atom. The van der Waals surface area contributed by atoms with Crippen LogP contribution in [0.5, 0.6) is 5.75 Å². The molecule has 3 aromatic carbocycles. The third-order valence-electron chi connectivity index (χ3n) is 5.38. The first-order valence-electron chi connectivity index (χ1n) is 11.0. The predicted octanol–water partition coefficient (Wildman–Crippen LogP) is 4.75. The van der Waals surface area contributed by atoms with Gasteiger partial charge in [0.25, 0.3) is 17.7 Å². The van der Waals surface area contributed by atoms with E-state index in [0.29, 0.717) is 22.7 Å². The van der Waals surface area contributed by atoms with Crippen LogP contribution in [0.2, 0.25) is 0 Å². The summed E-state index contributed by atoms with van der Waals surface area (Å²) in [6.45, 7) is 3.66. The molecule has 0 aliphatic carbocycles. The smallest absolute Gasteiger partial charge is 0.335 e. The van der Waals surface area contributed by atoms with Crippen molar-refractivity contribution in [3.8, 4) is 5.75 Å². The van der Waals surface area contributed by atoms with Gasteiger partial charge in [0.2, 0.25) is 0 Å². The number of halogens is 1. The number of imide groups is 2. The van der Waals surface area contributed by atoms with Gasteiger partial charge in [-0.1, -0.05) is 45.8 Å². The molecule has 1 saturated heterocycles. The van der Waals surface area contributed by atoms with Crippen LogP contribution in [0.15, 0.2) is 76.8 Å². The highest BCUT2D eigenvalue weighted by molar-refractivity contribution is 9.10. The van der Waals surface area contributed by atoms with E-state index >= 15 is 0 Å². The lowest BCUT2D eigenvalue weighted by Crippen LogP contribution is -2.54. The number of nitrogens with one attached hydrogen (secondary N) is 2. The quantitative estimate of drug-likeness (QED) is 0.342. The first kappa shape index (κ1) is 24.9. The van der Waals surface area contributed by atoms with Crippen molar-refractivity contribution in [2.45, 2.75) is 13.8 Å². The molecule has 0 radical (unpaired) electrons. The standard InChI is InChI=1S/C27H22BrN3O5/c1-16-6-11-23(17(2)12-16)29-24(32)15-36-21-5-3-4-18(13-21)14-22-25(33)30-27(35)31(26(22)34)20-9-7-19(28)8-10-20/h3-14H,15H2,1-2H3,(H,29,32)(H,30,33,35)/b22-14+. The molecule has 0 unspecified atom stereocenters. The fraction of sp³-hybridized carbons (Fsp3) is 0.111. The third kappa shape index (κ3) is 5.69. The second-order valence-corrected chi connectivity index (χ2v) is 9.08. The van der Waals surface area contributed by atoms with E-state index in [2.05, 4.69) is 26.6 Å². The van der Waals surface area contributed by atoms with E-state index in [1.165, 1.54) is 6.08 Å². The number of rotatable bonds is 6. The number of ether oxygens (including phenoxy) is 1. The number of hydrogen-bond acceptors (Lipinski definition) is 5. The van der Waals surface area contributed by atoms with Crippen molar-refractivity contribution >= 4 is 57.1 Å². The van der Waals surface area contributed by atoms with E-state index in [1.807, 2.05) is 32.0 Å². The Labute approximate surface area is 216 Å². The van der Waals surface area contributed by atoms with Gasteiger partial charge in [-0.15, -0.1) is 0 Å². The first-order chi connectivity index (χ1) is 17.2. The minimum Gasteiger partial charge on any atom is -0.484 e. The molecule has 2 N–H and O–H groups in total. The molecule has 8 nitrogen and oxygen atoms in total. The Balaban J connectivity index is 1.48. The molecule has 1 aliphatic heterocycles. The van der Waals surface area contributed by atoms with Gasteiger partial charge in [-0.05, 0) is 73.5 Å². The number of carbonyl (C=O) groups excluding carboxylic acids is 4. The molecule has 0 atom stereocenters. The van der Waals surface area contributed by atoms with Crippen molar-refractivity contribution in [3.05, 3.63) is 93.5 Å². The van der Waals surface area contributed by atoms with E-state index in [4.69, 9.17) is 4.74 Å². The molecule has 182 valence electrons. The molecule has 36 heavy (non-hydrogen) atoms. The summed E-state index contributed by atoms with van der Waals surface area (Å²) in [5.41, 5.74) is 3.36. The number of anilines is 2. The Bertz CT molecular complexity index is 1400. The zero-order chi connectivity index (χ0) is 25.8. The topological polar surface area (TPSA) is 105 Å². The predicted molar refractivity (Wildman–Crippen MR) is 140 cm³/mol. The van der Waals surface area contributed by atoms with Gasteiger partial charge >= 0.3 is 6.03 Å². The molecule has 5 amide bonds. The van der Waals surface area contributed by atoms with Crippen LogP contribution in [0.3, 0.4) is 0 Å². The van der Waals surface area contributed by atoms with Gasteiger partial charge in [0.15, 0.2) is 6.61 Å². The van der Waals surface area contributed by atoms with Gasteiger partial charge in [-0.2, -0.15) is 0 Å². The summed E-state index contributed by atoms with van der Waals surface area (Å²) in [5, 5.41) is 5.01. The Hall–Kier alpha value is -4.24.